The molecule has 6 nitrogen and oxygen atoms in total. The molecule has 0 bridgehead atoms. The molecule has 1 aromatic rings. The first kappa shape index (κ1) is 19.8. The number of anilines is 1. The van der Waals surface area contributed by atoms with Crippen molar-refractivity contribution >= 4 is 17.7 Å². The molecule has 0 aromatic heterocycles. The van der Waals surface area contributed by atoms with E-state index in [1.165, 1.54) is 7.11 Å². The Balaban J connectivity index is 0.00000211. The monoisotopic (exact) mass is 310 g/mol. The number of carbonyl (C=O) groups is 2. The number of nitrogen functional groups attached to an aromatic ring is 1. The van der Waals surface area contributed by atoms with Gasteiger partial charge >= 0.3 is 12.1 Å². The van der Waals surface area contributed by atoms with Crippen LogP contribution in [0.4, 0.5) is 10.5 Å². The average Bonchev–Trinajstić information content (AvgIpc) is 2.45. The molecule has 0 fully saturated rings. The van der Waals surface area contributed by atoms with Crippen LogP contribution in [-0.4, -0.2) is 24.8 Å². The van der Waals surface area contributed by atoms with Crippen LogP contribution in [0.5, 0.6) is 0 Å². The molecule has 3 N–H and O–H groups in total. The molecule has 6 heteroatoms. The number of methoxy groups -OCH3 is 1. The lowest BCUT2D eigenvalue weighted by Gasteiger charge is -2.22. The van der Waals surface area contributed by atoms with E-state index in [1.807, 2.05) is 13.8 Å². The Bertz CT molecular complexity index is 478. The molecule has 1 unspecified atom stereocenters. The maximum atomic E-state index is 11.8. The van der Waals surface area contributed by atoms with Crippen LogP contribution in [0.3, 0.4) is 0 Å². The molecular weight excluding hydrogens is 284 g/mol. The third kappa shape index (κ3) is 6.97. The van der Waals surface area contributed by atoms with Gasteiger partial charge in [0.1, 0.15) is 5.60 Å². The van der Waals surface area contributed by atoms with E-state index in [-0.39, 0.29) is 0 Å². The summed E-state index contributed by atoms with van der Waals surface area (Å²) in [7, 11) is 1.25. The number of nitrogens with one attached hydrogen (secondary N) is 1. The molecule has 0 aliphatic carbocycles. The molecular formula is C16H26N2O4. The first-order valence-electron chi connectivity index (χ1n) is 7.15. The van der Waals surface area contributed by atoms with E-state index in [9.17, 15) is 9.59 Å². The number of rotatable bonds is 3. The smallest absolute Gasteiger partial charge is 0.408 e. The van der Waals surface area contributed by atoms with Gasteiger partial charge in [-0.05, 0) is 38.5 Å². The van der Waals surface area contributed by atoms with Gasteiger partial charge in [-0.3, -0.25) is 0 Å². The quantitative estimate of drug-likeness (QED) is 0.661. The van der Waals surface area contributed by atoms with Crippen LogP contribution in [0, 0.1) is 0 Å². The fourth-order valence-electron chi connectivity index (χ4n) is 1.51. The predicted molar refractivity (Wildman–Crippen MR) is 86.3 cm³/mol. The molecule has 1 amide bonds. The number of alkyl carbamates (subject to hydrolysis) is 1. The summed E-state index contributed by atoms with van der Waals surface area (Å²) < 4.78 is 9.81. The Morgan fingerprint density at radius 1 is 1.14 bits per heavy atom. The summed E-state index contributed by atoms with van der Waals surface area (Å²) in [5.74, 6) is -0.583. The van der Waals surface area contributed by atoms with Gasteiger partial charge in [0.2, 0.25) is 0 Å². The van der Waals surface area contributed by atoms with Crippen molar-refractivity contribution in [2.24, 2.45) is 0 Å². The fourth-order valence-corrected chi connectivity index (χ4v) is 1.51. The van der Waals surface area contributed by atoms with Gasteiger partial charge in [0.15, 0.2) is 6.04 Å². The van der Waals surface area contributed by atoms with E-state index >= 15 is 0 Å². The van der Waals surface area contributed by atoms with E-state index in [0.29, 0.717) is 11.3 Å². The van der Waals surface area contributed by atoms with Gasteiger partial charge in [0.05, 0.1) is 7.11 Å². The third-order valence-corrected chi connectivity index (χ3v) is 2.37. The first-order valence-corrected chi connectivity index (χ1v) is 7.15. The third-order valence-electron chi connectivity index (χ3n) is 2.37. The Morgan fingerprint density at radius 3 is 2.05 bits per heavy atom. The van der Waals surface area contributed by atoms with Crippen LogP contribution in [0.2, 0.25) is 0 Å². The van der Waals surface area contributed by atoms with Gasteiger partial charge in [0.25, 0.3) is 0 Å². The van der Waals surface area contributed by atoms with Crippen molar-refractivity contribution in [3.05, 3.63) is 29.8 Å². The summed E-state index contributed by atoms with van der Waals surface area (Å²) in [5.41, 5.74) is 6.08. The minimum absolute atomic E-state index is 0.564. The van der Waals surface area contributed by atoms with Crippen LogP contribution < -0.4 is 11.1 Å². The summed E-state index contributed by atoms with van der Waals surface area (Å²) in [6.07, 6.45) is -0.690. The lowest BCUT2D eigenvalue weighted by Crippen LogP contribution is -2.38. The predicted octanol–water partition coefficient (Wildman–Crippen LogP) is 3.03. The lowest BCUT2D eigenvalue weighted by molar-refractivity contribution is -0.143. The van der Waals surface area contributed by atoms with Gasteiger partial charge < -0.3 is 20.5 Å². The fraction of sp³-hybridized carbons (Fsp3) is 0.500. The first-order chi connectivity index (χ1) is 10.2. The zero-order valence-corrected chi connectivity index (χ0v) is 14.1. The molecule has 1 rings (SSSR count). The highest BCUT2D eigenvalue weighted by molar-refractivity contribution is 5.82. The number of esters is 1. The molecule has 1 atom stereocenters. The van der Waals surface area contributed by atoms with Gasteiger partial charge in [-0.2, -0.15) is 0 Å². The van der Waals surface area contributed by atoms with Crippen LogP contribution in [0.25, 0.3) is 0 Å². The molecule has 1 aromatic carbocycles. The van der Waals surface area contributed by atoms with Crippen molar-refractivity contribution in [3.8, 4) is 0 Å². The molecule has 124 valence electrons. The Morgan fingerprint density at radius 2 is 1.64 bits per heavy atom. The standard InChI is InChI=1S/C14H20N2O4.C2H6/c1-14(2,3)20-13(18)16-11(12(17)19-4)9-5-7-10(15)8-6-9;1-2/h5-8,11H,15H2,1-4H3,(H,16,18);1-2H3. The van der Waals surface area contributed by atoms with E-state index < -0.39 is 23.7 Å². The number of ether oxygens (including phenoxy) is 2. The topological polar surface area (TPSA) is 90.6 Å². The minimum Gasteiger partial charge on any atom is -0.467 e. The van der Waals surface area contributed by atoms with E-state index in [1.54, 1.807) is 45.0 Å². The number of nitrogens with two attached hydrogens (primary N) is 1. The van der Waals surface area contributed by atoms with Gasteiger partial charge in [-0.25, -0.2) is 9.59 Å². The summed E-state index contributed by atoms with van der Waals surface area (Å²) in [5, 5.41) is 2.48. The van der Waals surface area contributed by atoms with Gasteiger partial charge in [0, 0.05) is 5.69 Å². The highest BCUT2D eigenvalue weighted by Crippen LogP contribution is 2.17. The van der Waals surface area contributed by atoms with Crippen LogP contribution in [0.15, 0.2) is 24.3 Å². The number of benzene rings is 1. The van der Waals surface area contributed by atoms with Gasteiger partial charge in [-0.15, -0.1) is 0 Å². The van der Waals surface area contributed by atoms with E-state index in [4.69, 9.17) is 10.5 Å². The SMILES string of the molecule is CC.COC(=O)C(NC(=O)OC(C)(C)C)c1ccc(N)cc1. The number of hydrogen-bond donors (Lipinski definition) is 2. The van der Waals surface area contributed by atoms with Crippen LogP contribution in [-0.2, 0) is 14.3 Å². The van der Waals surface area contributed by atoms with Crippen molar-refractivity contribution in [2.75, 3.05) is 12.8 Å². The van der Waals surface area contributed by atoms with Crippen molar-refractivity contribution < 1.29 is 19.1 Å². The Hall–Kier alpha value is -2.24. The largest absolute Gasteiger partial charge is 0.467 e. The maximum absolute atomic E-state index is 11.8. The Kier molecular flexibility index (Phi) is 8.01. The highest BCUT2D eigenvalue weighted by atomic mass is 16.6. The second-order valence-corrected chi connectivity index (χ2v) is 5.27. The molecule has 0 saturated heterocycles. The number of carbonyl (C=O) groups excluding carboxylic acids is 2. The molecule has 0 spiro atoms. The normalized spacial score (nSPS) is 11.5. The van der Waals surface area contributed by atoms with Crippen molar-refractivity contribution in [1.82, 2.24) is 5.32 Å². The van der Waals surface area contributed by atoms with Crippen LogP contribution in [0.1, 0.15) is 46.2 Å². The summed E-state index contributed by atoms with van der Waals surface area (Å²) in [6, 6.07) is 5.64. The zero-order valence-electron chi connectivity index (χ0n) is 14.1. The van der Waals surface area contributed by atoms with Crippen LogP contribution >= 0.6 is 0 Å². The Labute approximate surface area is 132 Å². The molecule has 0 radical (unpaired) electrons. The number of amides is 1. The molecule has 0 saturated carbocycles. The molecule has 0 aliphatic heterocycles. The molecule has 0 aliphatic rings. The van der Waals surface area contributed by atoms with Gasteiger partial charge in [-0.1, -0.05) is 26.0 Å². The lowest BCUT2D eigenvalue weighted by atomic mass is 10.1. The summed E-state index contributed by atoms with van der Waals surface area (Å²) in [6.45, 7) is 9.22. The van der Waals surface area contributed by atoms with Crippen molar-refractivity contribution in [2.45, 2.75) is 46.3 Å². The summed E-state index contributed by atoms with van der Waals surface area (Å²) >= 11 is 0. The second-order valence-electron chi connectivity index (χ2n) is 5.27. The summed E-state index contributed by atoms with van der Waals surface area (Å²) in [4.78, 5) is 23.5. The zero-order chi connectivity index (χ0) is 17.3. The number of hydrogen-bond acceptors (Lipinski definition) is 5. The van der Waals surface area contributed by atoms with Crippen molar-refractivity contribution in [3.63, 3.8) is 0 Å². The maximum Gasteiger partial charge on any atom is 0.408 e. The highest BCUT2D eigenvalue weighted by Gasteiger charge is 2.26. The molecule has 0 heterocycles. The van der Waals surface area contributed by atoms with E-state index in [2.05, 4.69) is 10.1 Å². The molecule has 22 heavy (non-hydrogen) atoms. The van der Waals surface area contributed by atoms with E-state index in [0.717, 1.165) is 0 Å². The van der Waals surface area contributed by atoms with Crippen molar-refractivity contribution in [1.29, 1.82) is 0 Å². The second kappa shape index (κ2) is 8.92. The average molecular weight is 310 g/mol. The minimum atomic E-state index is -0.935.